The number of unbranched alkanes of at least 4 members (excludes halogenated alkanes) is 6. The number of nitrogens with two attached hydrogens (primary N) is 1. The Labute approximate surface area is 168 Å². The summed E-state index contributed by atoms with van der Waals surface area (Å²) in [7, 11) is 0. The fraction of sp³-hybridized carbons (Fsp3) is 0.889. The molecule has 2 heterocycles. The van der Waals surface area contributed by atoms with Gasteiger partial charge in [-0.2, -0.15) is 11.8 Å². The summed E-state index contributed by atoms with van der Waals surface area (Å²) < 4.78 is 0. The van der Waals surface area contributed by atoms with E-state index < -0.39 is 0 Å². The lowest BCUT2D eigenvalue weighted by Crippen LogP contribution is -2.36. The second-order valence-electron chi connectivity index (χ2n) is 7.13. The van der Waals surface area contributed by atoms with E-state index in [9.17, 15) is 9.59 Å². The Morgan fingerprint density at radius 2 is 1.81 bits per heavy atom. The summed E-state index contributed by atoms with van der Waals surface area (Å²) in [4.78, 5) is 23.2. The standard InChI is InChI=1S/C18H34N4O2S.ClH/c19-11-7-3-1-2-4-8-12-20-16(23)10-6-5-9-15-17-14(13-25-15)21-18(24)22-17;/h14-15,17H,1-13,19H2,(H,20,23)(H2,21,22,24);1H/t14-,15-,17-;/m0./s1. The normalized spacial score (nSPS) is 23.7. The Kier molecular flexibility index (Phi) is 12.1. The van der Waals surface area contributed by atoms with Crippen molar-refractivity contribution in [2.45, 2.75) is 81.5 Å². The van der Waals surface area contributed by atoms with Gasteiger partial charge in [-0.15, -0.1) is 12.4 Å². The third kappa shape index (κ3) is 8.35. The van der Waals surface area contributed by atoms with Gasteiger partial charge in [-0.25, -0.2) is 4.79 Å². The monoisotopic (exact) mass is 406 g/mol. The Morgan fingerprint density at radius 3 is 2.58 bits per heavy atom. The molecule has 0 aromatic heterocycles. The number of carbonyl (C=O) groups excluding carboxylic acids is 2. The van der Waals surface area contributed by atoms with Gasteiger partial charge in [0.05, 0.1) is 12.1 Å². The fourth-order valence-electron chi connectivity index (χ4n) is 3.57. The van der Waals surface area contributed by atoms with E-state index in [1.54, 1.807) is 0 Å². The zero-order valence-electron chi connectivity index (χ0n) is 15.6. The van der Waals surface area contributed by atoms with Crippen LogP contribution in [0, 0.1) is 0 Å². The zero-order valence-corrected chi connectivity index (χ0v) is 17.3. The quantitative estimate of drug-likeness (QED) is 0.279. The van der Waals surface area contributed by atoms with E-state index >= 15 is 0 Å². The minimum absolute atomic E-state index is 0. The van der Waals surface area contributed by atoms with Gasteiger partial charge in [-0.1, -0.05) is 32.1 Å². The maximum atomic E-state index is 11.8. The summed E-state index contributed by atoms with van der Waals surface area (Å²) in [6.07, 6.45) is 10.8. The van der Waals surface area contributed by atoms with Crippen molar-refractivity contribution in [2.24, 2.45) is 5.73 Å². The van der Waals surface area contributed by atoms with E-state index in [-0.39, 0.29) is 30.4 Å². The van der Waals surface area contributed by atoms with Crippen molar-refractivity contribution in [3.05, 3.63) is 0 Å². The van der Waals surface area contributed by atoms with Crippen molar-refractivity contribution in [1.82, 2.24) is 16.0 Å². The molecule has 2 aliphatic heterocycles. The Balaban J connectivity index is 0.00000338. The van der Waals surface area contributed by atoms with Gasteiger partial charge in [0.25, 0.3) is 0 Å². The van der Waals surface area contributed by atoms with E-state index in [0.29, 0.717) is 17.7 Å². The molecule has 0 aromatic carbocycles. The summed E-state index contributed by atoms with van der Waals surface area (Å²) in [5.74, 6) is 1.18. The van der Waals surface area contributed by atoms with Gasteiger partial charge < -0.3 is 21.7 Å². The number of amides is 3. The first-order valence-corrected chi connectivity index (χ1v) is 10.9. The molecule has 8 heteroatoms. The third-order valence-corrected chi connectivity index (χ3v) is 6.54. The minimum Gasteiger partial charge on any atom is -0.356 e. The molecule has 3 amide bonds. The lowest BCUT2D eigenvalue weighted by Gasteiger charge is -2.16. The van der Waals surface area contributed by atoms with Crippen LogP contribution in [0.3, 0.4) is 0 Å². The summed E-state index contributed by atoms with van der Waals surface area (Å²) >= 11 is 1.94. The molecule has 5 N–H and O–H groups in total. The zero-order chi connectivity index (χ0) is 17.9. The molecule has 0 unspecified atom stereocenters. The highest BCUT2D eigenvalue weighted by Crippen LogP contribution is 2.33. The number of hydrogen-bond donors (Lipinski definition) is 4. The van der Waals surface area contributed by atoms with Crippen LogP contribution in [-0.2, 0) is 4.79 Å². The number of urea groups is 1. The molecule has 0 saturated carbocycles. The maximum absolute atomic E-state index is 11.8. The van der Waals surface area contributed by atoms with Crippen LogP contribution >= 0.6 is 24.2 Å². The van der Waals surface area contributed by atoms with Crippen LogP contribution in [0.1, 0.15) is 64.2 Å². The number of nitrogens with one attached hydrogen (secondary N) is 3. The summed E-state index contributed by atoms with van der Waals surface area (Å²) in [5.41, 5.74) is 5.47. The average molecular weight is 407 g/mol. The number of rotatable bonds is 13. The molecule has 6 nitrogen and oxygen atoms in total. The highest BCUT2D eigenvalue weighted by molar-refractivity contribution is 8.00. The van der Waals surface area contributed by atoms with Gasteiger partial charge >= 0.3 is 6.03 Å². The van der Waals surface area contributed by atoms with Crippen LogP contribution < -0.4 is 21.7 Å². The molecule has 2 saturated heterocycles. The van der Waals surface area contributed by atoms with E-state index in [1.165, 1.54) is 25.7 Å². The summed E-state index contributed by atoms with van der Waals surface area (Å²) in [5, 5.41) is 9.49. The molecule has 2 aliphatic rings. The van der Waals surface area contributed by atoms with Gasteiger partial charge in [-0.05, 0) is 32.2 Å². The summed E-state index contributed by atoms with van der Waals surface area (Å²) in [6.45, 7) is 1.60. The van der Waals surface area contributed by atoms with Gasteiger partial charge in [0, 0.05) is 24.0 Å². The molecule has 2 fully saturated rings. The number of thioether (sulfide) groups is 1. The van der Waals surface area contributed by atoms with Crippen LogP contribution in [0.4, 0.5) is 4.79 Å². The lowest BCUT2D eigenvalue weighted by atomic mass is 10.0. The van der Waals surface area contributed by atoms with E-state index in [1.807, 2.05) is 11.8 Å². The Morgan fingerprint density at radius 1 is 1.08 bits per heavy atom. The molecule has 0 spiro atoms. The van der Waals surface area contributed by atoms with Gasteiger partial charge in [0.1, 0.15) is 0 Å². The molecular weight excluding hydrogens is 372 g/mol. The first kappa shape index (κ1) is 23.4. The smallest absolute Gasteiger partial charge is 0.315 e. The predicted molar refractivity (Wildman–Crippen MR) is 111 cm³/mol. The Hall–Kier alpha value is -0.660. The van der Waals surface area contributed by atoms with Crippen LogP contribution in [-0.4, -0.2) is 48.1 Å². The van der Waals surface area contributed by atoms with Crippen LogP contribution in [0.2, 0.25) is 0 Å². The molecule has 152 valence electrons. The van der Waals surface area contributed by atoms with Gasteiger partial charge in [-0.3, -0.25) is 4.79 Å². The molecule has 3 atom stereocenters. The van der Waals surface area contributed by atoms with E-state index in [0.717, 1.165) is 50.9 Å². The van der Waals surface area contributed by atoms with Crippen molar-refractivity contribution in [1.29, 1.82) is 0 Å². The first-order valence-electron chi connectivity index (χ1n) is 9.86. The molecule has 0 radical (unpaired) electrons. The van der Waals surface area contributed by atoms with Crippen molar-refractivity contribution < 1.29 is 9.59 Å². The van der Waals surface area contributed by atoms with Crippen LogP contribution in [0.15, 0.2) is 0 Å². The third-order valence-electron chi connectivity index (χ3n) is 5.03. The number of carbonyl (C=O) groups is 2. The molecule has 0 bridgehead atoms. The molecule has 26 heavy (non-hydrogen) atoms. The van der Waals surface area contributed by atoms with Crippen molar-refractivity contribution >= 4 is 36.1 Å². The van der Waals surface area contributed by atoms with Crippen molar-refractivity contribution in [2.75, 3.05) is 18.8 Å². The average Bonchev–Trinajstić information content (AvgIpc) is 3.13. The second kappa shape index (κ2) is 13.5. The van der Waals surface area contributed by atoms with Crippen LogP contribution in [0.5, 0.6) is 0 Å². The highest BCUT2D eigenvalue weighted by atomic mass is 35.5. The highest BCUT2D eigenvalue weighted by Gasteiger charge is 2.42. The van der Waals surface area contributed by atoms with Crippen molar-refractivity contribution in [3.8, 4) is 0 Å². The lowest BCUT2D eigenvalue weighted by molar-refractivity contribution is -0.121. The molecule has 0 aliphatic carbocycles. The predicted octanol–water partition coefficient (Wildman–Crippen LogP) is 2.55. The fourth-order valence-corrected chi connectivity index (χ4v) is 5.11. The molecule has 0 aromatic rings. The van der Waals surface area contributed by atoms with E-state index in [4.69, 9.17) is 5.73 Å². The minimum atomic E-state index is -0.0287. The largest absolute Gasteiger partial charge is 0.356 e. The maximum Gasteiger partial charge on any atom is 0.315 e. The van der Waals surface area contributed by atoms with Crippen molar-refractivity contribution in [3.63, 3.8) is 0 Å². The number of halogens is 1. The number of fused-ring (bicyclic) bond motifs is 1. The topological polar surface area (TPSA) is 96.2 Å². The second-order valence-corrected chi connectivity index (χ2v) is 8.40. The van der Waals surface area contributed by atoms with Gasteiger partial charge in [0.2, 0.25) is 5.91 Å². The number of hydrogen-bond acceptors (Lipinski definition) is 4. The summed E-state index contributed by atoms with van der Waals surface area (Å²) in [6, 6.07) is 0.538. The molecule has 2 rings (SSSR count). The SMILES string of the molecule is Cl.NCCCCCCCCNC(=O)CCCC[C@@H]1SC[C@@H]2NC(=O)N[C@@H]21. The van der Waals surface area contributed by atoms with Crippen LogP contribution in [0.25, 0.3) is 0 Å². The Bertz CT molecular complexity index is 428. The van der Waals surface area contributed by atoms with E-state index in [2.05, 4.69) is 16.0 Å². The molecular formula is C18H35ClN4O2S. The first-order chi connectivity index (χ1) is 12.2. The van der Waals surface area contributed by atoms with Gasteiger partial charge in [0.15, 0.2) is 0 Å².